The molecule has 19 heavy (non-hydrogen) atoms. The molecule has 0 unspecified atom stereocenters. The summed E-state index contributed by atoms with van der Waals surface area (Å²) in [5.41, 5.74) is -0.0812. The second kappa shape index (κ2) is 7.22. The van der Waals surface area contributed by atoms with E-state index in [0.717, 1.165) is 12.1 Å². The number of halogens is 2. The Bertz CT molecular complexity index is 496. The van der Waals surface area contributed by atoms with Crippen LogP contribution in [0.15, 0.2) is 12.1 Å². The monoisotopic (exact) mass is 382 g/mol. The minimum atomic E-state index is -0.883. The summed E-state index contributed by atoms with van der Waals surface area (Å²) >= 11 is 1.69. The van der Waals surface area contributed by atoms with E-state index in [1.807, 2.05) is 0 Å². The predicted molar refractivity (Wildman–Crippen MR) is 75.7 cm³/mol. The Balaban J connectivity index is 2.64. The Hall–Kier alpha value is -1.45. The summed E-state index contributed by atoms with van der Waals surface area (Å²) in [7, 11) is 0. The fourth-order valence-corrected chi connectivity index (χ4v) is 1.90. The van der Waals surface area contributed by atoms with Gasteiger partial charge in [-0.2, -0.15) is 0 Å². The van der Waals surface area contributed by atoms with Crippen molar-refractivity contribution < 1.29 is 19.2 Å². The van der Waals surface area contributed by atoms with Crippen molar-refractivity contribution in [3.63, 3.8) is 0 Å². The molecule has 6 nitrogen and oxygen atoms in total. The molecule has 0 spiro atoms. The largest absolute Gasteiger partial charge is 0.481 e. The lowest BCUT2D eigenvalue weighted by Gasteiger charge is -2.07. The van der Waals surface area contributed by atoms with Gasteiger partial charge in [0.2, 0.25) is 0 Å². The molecule has 0 aliphatic heterocycles. The summed E-state index contributed by atoms with van der Waals surface area (Å²) in [6.07, 6.45) is 1.05. The number of benzene rings is 1. The Morgan fingerprint density at radius 2 is 2.16 bits per heavy atom. The van der Waals surface area contributed by atoms with E-state index in [9.17, 15) is 19.3 Å². The second-order valence-electron chi connectivity index (χ2n) is 3.82. The van der Waals surface area contributed by atoms with Gasteiger partial charge in [-0.1, -0.05) is 0 Å². The molecule has 1 rings (SSSR count). The standard InChI is InChI=1S/C11H12FIN2O4/c12-7-5-9(10(15(18)19)6-8(7)13)14-4-2-1-3-11(16)17/h5-6,14H,1-4H2,(H,16,17). The van der Waals surface area contributed by atoms with Crippen molar-refractivity contribution >= 4 is 39.9 Å². The average molecular weight is 382 g/mol. The SMILES string of the molecule is O=C(O)CCCCNc1cc(F)c(I)cc1[N+](=O)[O-]. The van der Waals surface area contributed by atoms with E-state index in [1.54, 1.807) is 22.6 Å². The first kappa shape index (κ1) is 15.6. The van der Waals surface area contributed by atoms with E-state index in [0.29, 0.717) is 19.4 Å². The summed E-state index contributed by atoms with van der Waals surface area (Å²) in [6.45, 7) is 0.355. The van der Waals surface area contributed by atoms with Gasteiger partial charge < -0.3 is 10.4 Å². The van der Waals surface area contributed by atoms with Crippen LogP contribution in [0, 0.1) is 19.5 Å². The molecule has 2 N–H and O–H groups in total. The molecular weight excluding hydrogens is 370 g/mol. The zero-order valence-corrected chi connectivity index (χ0v) is 12.0. The number of anilines is 1. The third kappa shape index (κ3) is 4.97. The summed E-state index contributed by atoms with van der Waals surface area (Å²) in [4.78, 5) is 20.5. The Labute approximate surface area is 122 Å². The number of hydrogen-bond acceptors (Lipinski definition) is 4. The van der Waals surface area contributed by atoms with E-state index in [1.165, 1.54) is 0 Å². The highest BCUT2D eigenvalue weighted by molar-refractivity contribution is 14.1. The summed E-state index contributed by atoms with van der Waals surface area (Å²) < 4.78 is 13.5. The molecule has 1 aromatic rings. The third-order valence-corrected chi connectivity index (χ3v) is 3.19. The number of carboxylic acid groups (broad SMARTS) is 1. The first-order chi connectivity index (χ1) is 8.91. The van der Waals surface area contributed by atoms with Crippen LogP contribution in [-0.2, 0) is 4.79 Å². The van der Waals surface area contributed by atoms with Crippen molar-refractivity contribution in [1.29, 1.82) is 0 Å². The number of carboxylic acids is 1. The summed E-state index contributed by atoms with van der Waals surface area (Å²) in [6, 6.07) is 2.24. The van der Waals surface area contributed by atoms with Crippen LogP contribution in [-0.4, -0.2) is 22.5 Å². The third-order valence-electron chi connectivity index (χ3n) is 2.37. The zero-order chi connectivity index (χ0) is 14.4. The number of nitro groups is 1. The van der Waals surface area contributed by atoms with Crippen LogP contribution in [0.2, 0.25) is 0 Å². The lowest BCUT2D eigenvalue weighted by atomic mass is 10.2. The van der Waals surface area contributed by atoms with Crippen LogP contribution in [0.5, 0.6) is 0 Å². The number of rotatable bonds is 7. The lowest BCUT2D eigenvalue weighted by Crippen LogP contribution is -2.06. The first-order valence-electron chi connectivity index (χ1n) is 5.51. The molecule has 0 aliphatic carbocycles. The number of hydrogen-bond donors (Lipinski definition) is 2. The highest BCUT2D eigenvalue weighted by atomic mass is 127. The maximum Gasteiger partial charge on any atom is 0.303 e. The first-order valence-corrected chi connectivity index (χ1v) is 6.59. The molecule has 8 heteroatoms. The van der Waals surface area contributed by atoms with E-state index < -0.39 is 16.7 Å². The van der Waals surface area contributed by atoms with Gasteiger partial charge in [-0.15, -0.1) is 0 Å². The fraction of sp³-hybridized carbons (Fsp3) is 0.364. The molecule has 0 amide bonds. The molecule has 0 saturated carbocycles. The molecule has 0 radical (unpaired) electrons. The Morgan fingerprint density at radius 3 is 2.74 bits per heavy atom. The molecule has 0 fully saturated rings. The Morgan fingerprint density at radius 1 is 1.47 bits per heavy atom. The van der Waals surface area contributed by atoms with Gasteiger partial charge in [-0.25, -0.2) is 4.39 Å². The van der Waals surface area contributed by atoms with Crippen molar-refractivity contribution in [2.24, 2.45) is 0 Å². The van der Waals surface area contributed by atoms with Crippen molar-refractivity contribution in [1.82, 2.24) is 0 Å². The maximum absolute atomic E-state index is 13.4. The molecule has 104 valence electrons. The Kier molecular flexibility index (Phi) is 5.93. The normalized spacial score (nSPS) is 10.2. The van der Waals surface area contributed by atoms with Crippen molar-refractivity contribution in [2.45, 2.75) is 19.3 Å². The van der Waals surface area contributed by atoms with E-state index in [-0.39, 0.29) is 21.4 Å². The number of nitrogens with one attached hydrogen (secondary N) is 1. The van der Waals surface area contributed by atoms with Crippen LogP contribution < -0.4 is 5.32 Å². The quantitative estimate of drug-likeness (QED) is 0.327. The number of nitro benzene ring substituents is 1. The van der Waals surface area contributed by atoms with E-state index >= 15 is 0 Å². The van der Waals surface area contributed by atoms with E-state index in [2.05, 4.69) is 5.32 Å². The van der Waals surface area contributed by atoms with Crippen LogP contribution in [0.25, 0.3) is 0 Å². The minimum absolute atomic E-state index is 0.0465. The second-order valence-corrected chi connectivity index (χ2v) is 4.98. The molecule has 0 bridgehead atoms. The van der Waals surface area contributed by atoms with Crippen LogP contribution in [0.4, 0.5) is 15.8 Å². The number of aliphatic carboxylic acids is 1. The van der Waals surface area contributed by atoms with E-state index in [4.69, 9.17) is 5.11 Å². The molecule has 0 aliphatic rings. The van der Waals surface area contributed by atoms with Gasteiger partial charge in [0.15, 0.2) is 0 Å². The average Bonchev–Trinajstić information content (AvgIpc) is 2.32. The number of nitrogens with zero attached hydrogens (tertiary/aromatic N) is 1. The number of unbranched alkanes of at least 4 members (excludes halogenated alkanes) is 1. The zero-order valence-electron chi connectivity index (χ0n) is 9.86. The smallest absolute Gasteiger partial charge is 0.303 e. The molecule has 0 atom stereocenters. The van der Waals surface area contributed by atoms with Crippen LogP contribution >= 0.6 is 22.6 Å². The predicted octanol–water partition coefficient (Wildman–Crippen LogP) is 3.01. The molecule has 0 heterocycles. The molecule has 0 aromatic heterocycles. The number of carbonyl (C=O) groups is 1. The van der Waals surface area contributed by atoms with Gasteiger partial charge in [0.25, 0.3) is 5.69 Å². The van der Waals surface area contributed by atoms with Crippen LogP contribution in [0.1, 0.15) is 19.3 Å². The van der Waals surface area contributed by atoms with Gasteiger partial charge in [0, 0.05) is 25.1 Å². The fourth-order valence-electron chi connectivity index (χ4n) is 1.45. The lowest BCUT2D eigenvalue weighted by molar-refractivity contribution is -0.384. The van der Waals surface area contributed by atoms with Gasteiger partial charge in [0.1, 0.15) is 11.5 Å². The maximum atomic E-state index is 13.4. The molecule has 0 saturated heterocycles. The van der Waals surface area contributed by atoms with Gasteiger partial charge in [-0.3, -0.25) is 14.9 Å². The highest BCUT2D eigenvalue weighted by Gasteiger charge is 2.17. The topological polar surface area (TPSA) is 92.5 Å². The van der Waals surface area contributed by atoms with Gasteiger partial charge in [-0.05, 0) is 35.4 Å². The minimum Gasteiger partial charge on any atom is -0.481 e. The highest BCUT2D eigenvalue weighted by Crippen LogP contribution is 2.28. The van der Waals surface area contributed by atoms with Gasteiger partial charge in [0.05, 0.1) is 8.49 Å². The van der Waals surface area contributed by atoms with Crippen LogP contribution in [0.3, 0.4) is 0 Å². The molecular formula is C11H12FIN2O4. The van der Waals surface area contributed by atoms with Crippen molar-refractivity contribution in [3.8, 4) is 0 Å². The summed E-state index contributed by atoms with van der Waals surface area (Å²) in [5.74, 6) is -1.41. The van der Waals surface area contributed by atoms with Gasteiger partial charge >= 0.3 is 5.97 Å². The van der Waals surface area contributed by atoms with Crippen molar-refractivity contribution in [2.75, 3.05) is 11.9 Å². The molecule has 1 aromatic carbocycles. The summed E-state index contributed by atoms with van der Waals surface area (Å²) in [5, 5.41) is 22.0. The van der Waals surface area contributed by atoms with Crippen molar-refractivity contribution in [3.05, 3.63) is 31.6 Å².